The van der Waals surface area contributed by atoms with Gasteiger partial charge in [0.05, 0.1) is 12.6 Å². The summed E-state index contributed by atoms with van der Waals surface area (Å²) in [6.07, 6.45) is 1.24. The highest BCUT2D eigenvalue weighted by Crippen LogP contribution is 2.10. The second-order valence-electron chi connectivity index (χ2n) is 10.6. The molecule has 0 heterocycles. The molecular weight excluding hydrogens is 538 g/mol. The number of carbonyl (C=O) groups is 6. The van der Waals surface area contributed by atoms with Crippen LogP contribution in [-0.4, -0.2) is 96.1 Å². The molecule has 0 radical (unpaired) electrons. The van der Waals surface area contributed by atoms with Gasteiger partial charge in [0.1, 0.15) is 24.6 Å². The first kappa shape index (κ1) is 37.9. The van der Waals surface area contributed by atoms with Gasteiger partial charge in [-0.25, -0.2) is 0 Å². The van der Waals surface area contributed by atoms with E-state index in [-0.39, 0.29) is 24.7 Å². The molecule has 0 aliphatic carbocycles. The van der Waals surface area contributed by atoms with Gasteiger partial charge in [0.2, 0.25) is 23.6 Å². The number of carbonyl (C=O) groups excluding carboxylic acids is 5. The lowest BCUT2D eigenvalue weighted by molar-refractivity contribution is -0.137. The maximum Gasteiger partial charge on any atom is 0.303 e. The molecule has 0 bridgehead atoms. The molecule has 0 aromatic heterocycles. The molecular formula is C26H49N7O8. The fourth-order valence-corrected chi connectivity index (χ4v) is 3.82. The summed E-state index contributed by atoms with van der Waals surface area (Å²) in [7, 11) is 0. The smallest absolute Gasteiger partial charge is 0.303 e. The van der Waals surface area contributed by atoms with Crippen LogP contribution in [0.15, 0.2) is 0 Å². The number of hydrogen-bond donors (Lipinski definition) is 9. The Balaban J connectivity index is 5.18. The Hall–Kier alpha value is -3.14. The van der Waals surface area contributed by atoms with Crippen molar-refractivity contribution in [3.8, 4) is 0 Å². The van der Waals surface area contributed by atoms with Gasteiger partial charge in [-0.2, -0.15) is 0 Å². The summed E-state index contributed by atoms with van der Waals surface area (Å²) < 4.78 is 0. The van der Waals surface area contributed by atoms with Gasteiger partial charge in [-0.15, -0.1) is 0 Å². The quantitative estimate of drug-likeness (QED) is 0.0348. The van der Waals surface area contributed by atoms with Gasteiger partial charge < -0.3 is 47.7 Å². The van der Waals surface area contributed by atoms with E-state index >= 15 is 0 Å². The van der Waals surface area contributed by atoms with Crippen molar-refractivity contribution in [2.45, 2.75) is 96.6 Å². The SMILES string of the molecule is CC(C)C[C@H](NC[C@H](C)C=O)C(O)N[C@@H](CCCCN)C(=O)N[C@@H](C)C(=O)NCC(=O)NC(CCC(=O)O)C(N)=O. The van der Waals surface area contributed by atoms with Crippen molar-refractivity contribution in [2.24, 2.45) is 23.3 Å². The number of amides is 4. The van der Waals surface area contributed by atoms with E-state index < -0.39 is 66.5 Å². The molecule has 0 spiro atoms. The first-order chi connectivity index (χ1) is 19.2. The lowest BCUT2D eigenvalue weighted by atomic mass is 10.0. The van der Waals surface area contributed by atoms with Crippen LogP contribution in [0.5, 0.6) is 0 Å². The van der Waals surface area contributed by atoms with E-state index in [9.17, 15) is 33.9 Å². The molecule has 41 heavy (non-hydrogen) atoms. The maximum atomic E-state index is 13.1. The standard InChI is InChI=1S/C26H49N7O8/c1-15(2)11-20(29-12-16(3)14-34)26(41)33-19(7-5-6-10-27)25(40)31-17(4)24(39)30-13-21(35)32-18(23(28)38)8-9-22(36)37/h14-20,26,29,33,41H,5-13,27H2,1-4H3,(H2,28,38)(H,30,39)(H,31,40)(H,32,35)(H,36,37)/t16-,17-,18?,19-,20-,26?/m0/s1. The highest BCUT2D eigenvalue weighted by atomic mass is 16.4. The highest BCUT2D eigenvalue weighted by Gasteiger charge is 2.28. The lowest BCUT2D eigenvalue weighted by Crippen LogP contribution is -2.58. The number of aliphatic hydroxyl groups is 1. The molecule has 2 unspecified atom stereocenters. The minimum absolute atomic E-state index is 0.204. The number of aliphatic carboxylic acids is 1. The molecule has 236 valence electrons. The van der Waals surface area contributed by atoms with E-state index in [1.165, 1.54) is 6.92 Å². The number of nitrogens with one attached hydrogen (secondary N) is 5. The topological polar surface area (TPSA) is 255 Å². The Morgan fingerprint density at radius 2 is 1.59 bits per heavy atom. The number of rotatable bonds is 23. The lowest BCUT2D eigenvalue weighted by Gasteiger charge is -2.30. The average Bonchev–Trinajstić information content (AvgIpc) is 2.90. The summed E-state index contributed by atoms with van der Waals surface area (Å²) in [5.41, 5.74) is 10.8. The fraction of sp³-hybridized carbons (Fsp3) is 0.769. The number of carboxylic acid groups (broad SMARTS) is 1. The van der Waals surface area contributed by atoms with Gasteiger partial charge >= 0.3 is 5.97 Å². The van der Waals surface area contributed by atoms with Crippen LogP contribution in [0.1, 0.15) is 66.2 Å². The second kappa shape index (κ2) is 20.7. The van der Waals surface area contributed by atoms with E-state index in [0.717, 1.165) is 6.29 Å². The zero-order chi connectivity index (χ0) is 31.5. The number of aldehydes is 1. The Morgan fingerprint density at radius 3 is 2.12 bits per heavy atom. The predicted octanol–water partition coefficient (Wildman–Crippen LogP) is -2.31. The Labute approximate surface area is 241 Å². The Morgan fingerprint density at radius 1 is 0.927 bits per heavy atom. The molecule has 0 aromatic rings. The zero-order valence-electron chi connectivity index (χ0n) is 24.5. The van der Waals surface area contributed by atoms with Crippen LogP contribution in [0.4, 0.5) is 0 Å². The Bertz CT molecular complexity index is 858. The summed E-state index contributed by atoms with van der Waals surface area (Å²) in [5, 5.41) is 33.0. The van der Waals surface area contributed by atoms with Crippen molar-refractivity contribution >= 4 is 35.9 Å². The highest BCUT2D eigenvalue weighted by molar-refractivity contribution is 5.93. The molecule has 0 saturated heterocycles. The number of nitrogens with two attached hydrogens (primary N) is 2. The zero-order valence-corrected chi connectivity index (χ0v) is 24.5. The van der Waals surface area contributed by atoms with Crippen molar-refractivity contribution in [2.75, 3.05) is 19.6 Å². The summed E-state index contributed by atoms with van der Waals surface area (Å²) >= 11 is 0. The summed E-state index contributed by atoms with van der Waals surface area (Å²) in [6, 6.07) is -3.57. The number of unbranched alkanes of at least 4 members (excludes halogenated alkanes) is 1. The largest absolute Gasteiger partial charge is 0.481 e. The molecule has 0 aliphatic heterocycles. The van der Waals surface area contributed by atoms with E-state index in [1.54, 1.807) is 6.92 Å². The molecule has 0 saturated carbocycles. The van der Waals surface area contributed by atoms with Crippen LogP contribution in [0.2, 0.25) is 0 Å². The van der Waals surface area contributed by atoms with Crippen LogP contribution < -0.4 is 38.1 Å². The third kappa shape index (κ3) is 17.3. The third-order valence-electron chi connectivity index (χ3n) is 6.18. The fourth-order valence-electron chi connectivity index (χ4n) is 3.82. The molecule has 0 fully saturated rings. The van der Waals surface area contributed by atoms with Crippen molar-refractivity contribution in [3.63, 3.8) is 0 Å². The molecule has 0 aromatic carbocycles. The number of aliphatic hydroxyl groups excluding tert-OH is 1. The molecule has 0 aliphatic rings. The number of primary amides is 1. The van der Waals surface area contributed by atoms with Crippen molar-refractivity contribution in [3.05, 3.63) is 0 Å². The van der Waals surface area contributed by atoms with E-state index in [1.807, 2.05) is 13.8 Å². The minimum Gasteiger partial charge on any atom is -0.481 e. The van der Waals surface area contributed by atoms with Gasteiger partial charge in [0.25, 0.3) is 0 Å². The number of hydrogen-bond acceptors (Lipinski definition) is 10. The maximum absolute atomic E-state index is 13.1. The summed E-state index contributed by atoms with van der Waals surface area (Å²) in [6.45, 7) is 7.39. The average molecular weight is 588 g/mol. The van der Waals surface area contributed by atoms with Gasteiger partial charge in [-0.05, 0) is 45.1 Å². The second-order valence-corrected chi connectivity index (χ2v) is 10.6. The van der Waals surface area contributed by atoms with Crippen LogP contribution in [0.25, 0.3) is 0 Å². The third-order valence-corrected chi connectivity index (χ3v) is 6.18. The number of carboxylic acids is 1. The molecule has 4 amide bonds. The monoisotopic (exact) mass is 587 g/mol. The van der Waals surface area contributed by atoms with E-state index in [4.69, 9.17) is 16.6 Å². The van der Waals surface area contributed by atoms with Crippen LogP contribution in [0.3, 0.4) is 0 Å². The van der Waals surface area contributed by atoms with E-state index in [0.29, 0.717) is 38.8 Å². The first-order valence-electron chi connectivity index (χ1n) is 13.9. The molecule has 0 rings (SSSR count). The van der Waals surface area contributed by atoms with E-state index in [2.05, 4.69) is 26.6 Å². The Kier molecular flexibility index (Phi) is 19.1. The van der Waals surface area contributed by atoms with Crippen LogP contribution >= 0.6 is 0 Å². The van der Waals surface area contributed by atoms with Crippen LogP contribution in [0, 0.1) is 11.8 Å². The summed E-state index contributed by atoms with van der Waals surface area (Å²) in [5.74, 6) is -4.09. The van der Waals surface area contributed by atoms with Crippen molar-refractivity contribution in [1.82, 2.24) is 26.6 Å². The molecule has 15 nitrogen and oxygen atoms in total. The van der Waals surface area contributed by atoms with Gasteiger partial charge in [-0.3, -0.25) is 29.3 Å². The normalized spacial score (nSPS) is 15.6. The minimum atomic E-state index is -1.21. The van der Waals surface area contributed by atoms with Gasteiger partial charge in [0, 0.05) is 24.9 Å². The van der Waals surface area contributed by atoms with Crippen molar-refractivity contribution < 1.29 is 39.0 Å². The van der Waals surface area contributed by atoms with Gasteiger partial charge in [-0.1, -0.05) is 27.2 Å². The molecule has 11 N–H and O–H groups in total. The van der Waals surface area contributed by atoms with Gasteiger partial charge in [0.15, 0.2) is 0 Å². The van der Waals surface area contributed by atoms with Crippen LogP contribution in [-0.2, 0) is 28.8 Å². The molecule has 15 heteroatoms. The first-order valence-corrected chi connectivity index (χ1v) is 13.9. The van der Waals surface area contributed by atoms with Crippen molar-refractivity contribution in [1.29, 1.82) is 0 Å². The molecule has 6 atom stereocenters. The predicted molar refractivity (Wildman–Crippen MR) is 151 cm³/mol. The summed E-state index contributed by atoms with van der Waals surface area (Å²) in [4.78, 5) is 70.9.